The molecule has 3 aromatic heterocycles. The number of amides is 1. The molecular formula is C37H48ClN7O5Si. The minimum atomic E-state index is -1.19. The largest absolute Gasteiger partial charge is 0.456 e. The molecule has 2 aromatic carbocycles. The third-order valence-corrected chi connectivity index (χ3v) is 11.3. The molecule has 5 aromatic rings. The van der Waals surface area contributed by atoms with Crippen LogP contribution in [0.25, 0.3) is 33.3 Å². The smallest absolute Gasteiger partial charge is 0.410 e. The number of likely N-dealkylation sites (tertiary alicyclic amines) is 1. The zero-order chi connectivity index (χ0) is 36.6. The van der Waals surface area contributed by atoms with E-state index in [-0.39, 0.29) is 12.7 Å². The van der Waals surface area contributed by atoms with Crippen LogP contribution >= 0.6 is 11.6 Å². The fourth-order valence-electron chi connectivity index (χ4n) is 6.30. The molecule has 0 aliphatic carbocycles. The minimum absolute atomic E-state index is 0.00280. The van der Waals surface area contributed by atoms with Gasteiger partial charge in [0.1, 0.15) is 40.2 Å². The molecule has 12 nitrogen and oxygen atoms in total. The molecule has 1 aliphatic rings. The van der Waals surface area contributed by atoms with Gasteiger partial charge in [-0.05, 0) is 77.3 Å². The molecule has 1 aliphatic heterocycles. The van der Waals surface area contributed by atoms with E-state index in [1.807, 2.05) is 62.8 Å². The van der Waals surface area contributed by atoms with E-state index in [4.69, 9.17) is 40.9 Å². The molecule has 0 spiro atoms. The number of carbonyl (C=O) groups is 1. The van der Waals surface area contributed by atoms with Gasteiger partial charge < -0.3 is 28.8 Å². The number of piperidine rings is 1. The van der Waals surface area contributed by atoms with Crippen molar-refractivity contribution in [2.24, 2.45) is 0 Å². The van der Waals surface area contributed by atoms with Crippen LogP contribution in [0.15, 0.2) is 48.9 Å². The number of halogens is 1. The first-order valence-corrected chi connectivity index (χ1v) is 21.6. The van der Waals surface area contributed by atoms with Gasteiger partial charge in [-0.1, -0.05) is 31.2 Å². The fraction of sp³-hybridized carbons (Fsp3) is 0.486. The summed E-state index contributed by atoms with van der Waals surface area (Å²) in [7, 11) is -1.19. The molecule has 14 heteroatoms. The lowest BCUT2D eigenvalue weighted by Gasteiger charge is -2.42. The van der Waals surface area contributed by atoms with Crippen LogP contribution in [-0.4, -0.2) is 85.4 Å². The second-order valence-corrected chi connectivity index (χ2v) is 21.5. The number of benzene rings is 2. The van der Waals surface area contributed by atoms with Crippen LogP contribution < -0.4 is 4.74 Å². The Morgan fingerprint density at radius 2 is 1.80 bits per heavy atom. The molecule has 51 heavy (non-hydrogen) atoms. The maximum atomic E-state index is 12.7. The van der Waals surface area contributed by atoms with Crippen LogP contribution in [0.4, 0.5) is 4.79 Å². The number of aromatic nitrogens is 6. The number of hydrogen-bond donors (Lipinski definition) is 1. The first-order chi connectivity index (χ1) is 24.1. The van der Waals surface area contributed by atoms with Crippen molar-refractivity contribution >= 4 is 47.8 Å². The van der Waals surface area contributed by atoms with Gasteiger partial charge in [0.15, 0.2) is 0 Å². The average Bonchev–Trinajstić information content (AvgIpc) is 3.68. The summed E-state index contributed by atoms with van der Waals surface area (Å²) in [5, 5.41) is 15.1. The Morgan fingerprint density at radius 1 is 1.06 bits per heavy atom. The van der Waals surface area contributed by atoms with Gasteiger partial charge >= 0.3 is 6.09 Å². The second-order valence-electron chi connectivity index (χ2n) is 15.5. The molecule has 6 rings (SSSR count). The molecule has 1 saturated heterocycles. The van der Waals surface area contributed by atoms with Crippen LogP contribution in [0.5, 0.6) is 11.5 Å². The molecule has 1 N–H and O–H groups in total. The number of carbonyl (C=O) groups excluding carboxylic acids is 1. The standard InChI is InChI=1S/C37H48ClN7O5Si/c1-25-41-28-9-8-27(20-31(28)44(25)24-48-18-19-51(5,6)7)49-32-11-10-29-34(33(32)38)42-30(22-39-29)26-21-40-45(23-26)37(14-17-46)12-15-43(16-13-37)35(47)50-36(2,3)4/h8-11,20-23,46H,12-19,24H2,1-7H3. The van der Waals surface area contributed by atoms with E-state index in [1.165, 1.54) is 0 Å². The SMILES string of the molecule is Cc1nc2ccc(Oc3ccc4ncc(-c5cnn(C6(CCO)CCN(C(=O)OC(C)(C)C)CC6)c5)nc4c3Cl)cc2n1COCC[Si](C)(C)C. The van der Waals surface area contributed by atoms with Crippen molar-refractivity contribution in [1.82, 2.24) is 34.2 Å². The minimum Gasteiger partial charge on any atom is -0.456 e. The number of fused-ring (bicyclic) bond motifs is 2. The lowest BCUT2D eigenvalue weighted by atomic mass is 9.85. The van der Waals surface area contributed by atoms with E-state index in [0.29, 0.717) is 72.3 Å². The predicted molar refractivity (Wildman–Crippen MR) is 201 cm³/mol. The Hall–Kier alpha value is -4.04. The van der Waals surface area contributed by atoms with Gasteiger partial charge in [-0.15, -0.1) is 0 Å². The highest BCUT2D eigenvalue weighted by Gasteiger charge is 2.39. The van der Waals surface area contributed by atoms with Crippen LogP contribution in [0.2, 0.25) is 30.7 Å². The number of nitrogens with zero attached hydrogens (tertiary/aromatic N) is 7. The Morgan fingerprint density at radius 3 is 2.51 bits per heavy atom. The molecule has 0 bridgehead atoms. The normalized spacial score (nSPS) is 15.1. The van der Waals surface area contributed by atoms with Gasteiger partial charge in [0, 0.05) is 52.2 Å². The van der Waals surface area contributed by atoms with Crippen molar-refractivity contribution in [3.8, 4) is 22.8 Å². The maximum absolute atomic E-state index is 12.7. The van der Waals surface area contributed by atoms with E-state index >= 15 is 0 Å². The molecule has 4 heterocycles. The summed E-state index contributed by atoms with van der Waals surface area (Å²) in [5.41, 5.74) is 3.27. The van der Waals surface area contributed by atoms with E-state index in [0.717, 1.165) is 35.1 Å². The summed E-state index contributed by atoms with van der Waals surface area (Å²) in [4.78, 5) is 28.7. The number of aliphatic hydroxyl groups excluding tert-OH is 1. The van der Waals surface area contributed by atoms with Gasteiger partial charge in [-0.25, -0.2) is 14.8 Å². The van der Waals surface area contributed by atoms with Gasteiger partial charge in [-0.3, -0.25) is 9.67 Å². The first-order valence-electron chi connectivity index (χ1n) is 17.5. The number of imidazole rings is 1. The summed E-state index contributed by atoms with van der Waals surface area (Å²) >= 11 is 6.94. The summed E-state index contributed by atoms with van der Waals surface area (Å²) in [6.07, 6.45) is 6.81. The van der Waals surface area contributed by atoms with Gasteiger partial charge in [0.05, 0.1) is 40.2 Å². The lowest BCUT2D eigenvalue weighted by Crippen LogP contribution is -2.49. The van der Waals surface area contributed by atoms with Gasteiger partial charge in [0.2, 0.25) is 0 Å². The van der Waals surface area contributed by atoms with Crippen molar-refractivity contribution in [2.45, 2.75) is 90.5 Å². The molecule has 0 radical (unpaired) electrons. The van der Waals surface area contributed by atoms with Gasteiger partial charge in [-0.2, -0.15) is 5.10 Å². The Balaban J connectivity index is 1.21. The summed E-state index contributed by atoms with van der Waals surface area (Å²) in [6, 6.07) is 10.5. The zero-order valence-corrected chi connectivity index (χ0v) is 32.3. The Bertz CT molecular complexity index is 2030. The summed E-state index contributed by atoms with van der Waals surface area (Å²) in [5.74, 6) is 1.95. The van der Waals surface area contributed by atoms with Crippen molar-refractivity contribution < 1.29 is 24.1 Å². The lowest BCUT2D eigenvalue weighted by molar-refractivity contribution is 0.00693. The van der Waals surface area contributed by atoms with Crippen LogP contribution in [0, 0.1) is 6.92 Å². The number of rotatable bonds is 11. The van der Waals surface area contributed by atoms with Crippen molar-refractivity contribution in [2.75, 3.05) is 26.3 Å². The predicted octanol–water partition coefficient (Wildman–Crippen LogP) is 8.02. The average molecular weight is 734 g/mol. The molecule has 272 valence electrons. The van der Waals surface area contributed by atoms with E-state index in [1.54, 1.807) is 23.4 Å². The highest BCUT2D eigenvalue weighted by atomic mass is 35.5. The summed E-state index contributed by atoms with van der Waals surface area (Å²) < 4.78 is 21.9. The number of ether oxygens (including phenoxy) is 3. The number of hydrogen-bond acceptors (Lipinski definition) is 9. The Labute approximate surface area is 304 Å². The third-order valence-electron chi connectivity index (χ3n) is 9.26. The van der Waals surface area contributed by atoms with E-state index in [9.17, 15) is 9.90 Å². The molecule has 0 saturated carbocycles. The first kappa shape index (κ1) is 36.7. The monoisotopic (exact) mass is 733 g/mol. The van der Waals surface area contributed by atoms with Crippen molar-refractivity contribution in [3.63, 3.8) is 0 Å². The molecule has 1 amide bonds. The van der Waals surface area contributed by atoms with Gasteiger partial charge in [0.25, 0.3) is 0 Å². The topological polar surface area (TPSA) is 130 Å². The van der Waals surface area contributed by atoms with Crippen molar-refractivity contribution in [3.05, 3.63) is 59.8 Å². The number of aliphatic hydroxyl groups is 1. The van der Waals surface area contributed by atoms with Crippen LogP contribution in [0.3, 0.4) is 0 Å². The highest BCUT2D eigenvalue weighted by molar-refractivity contribution is 6.76. The number of aryl methyl sites for hydroxylation is 1. The second kappa shape index (κ2) is 14.5. The maximum Gasteiger partial charge on any atom is 0.410 e. The van der Waals surface area contributed by atoms with E-state index < -0.39 is 19.2 Å². The zero-order valence-electron chi connectivity index (χ0n) is 30.6. The molecular weight excluding hydrogens is 686 g/mol. The molecule has 0 unspecified atom stereocenters. The Kier molecular flexibility index (Phi) is 10.5. The fourth-order valence-corrected chi connectivity index (χ4v) is 7.30. The molecule has 1 fully saturated rings. The van der Waals surface area contributed by atoms with Crippen molar-refractivity contribution in [1.29, 1.82) is 0 Å². The molecule has 0 atom stereocenters. The summed E-state index contributed by atoms with van der Waals surface area (Å²) in [6.45, 7) is 16.7. The third kappa shape index (κ3) is 8.38. The van der Waals surface area contributed by atoms with E-state index in [2.05, 4.69) is 29.2 Å². The van der Waals surface area contributed by atoms with Crippen LogP contribution in [0.1, 0.15) is 45.9 Å². The highest BCUT2D eigenvalue weighted by Crippen LogP contribution is 2.38. The quantitative estimate of drug-likeness (QED) is 0.106. The van der Waals surface area contributed by atoms with Crippen LogP contribution in [-0.2, 0) is 21.7 Å².